The van der Waals surface area contributed by atoms with E-state index in [-0.39, 0.29) is 5.56 Å². The van der Waals surface area contributed by atoms with E-state index < -0.39 is 0 Å². The van der Waals surface area contributed by atoms with Crippen LogP contribution in [0.1, 0.15) is 31.8 Å². The molecule has 0 radical (unpaired) electrons. The maximum absolute atomic E-state index is 11.6. The molecule has 7 nitrogen and oxygen atoms in total. The molecule has 8 heteroatoms. The molecule has 0 saturated heterocycles. The lowest BCUT2D eigenvalue weighted by atomic mass is 10.2. The van der Waals surface area contributed by atoms with Crippen molar-refractivity contribution in [3.8, 4) is 0 Å². The summed E-state index contributed by atoms with van der Waals surface area (Å²) in [6.45, 7) is 4.01. The highest BCUT2D eigenvalue weighted by Gasteiger charge is 2.08. The van der Waals surface area contributed by atoms with Crippen LogP contribution in [0.5, 0.6) is 0 Å². The Balaban J connectivity index is 2.31. The van der Waals surface area contributed by atoms with Gasteiger partial charge in [-0.3, -0.25) is 4.79 Å². The molecular weight excluding hydrogens is 288 g/mol. The van der Waals surface area contributed by atoms with Crippen LogP contribution in [0.25, 0.3) is 0 Å². The molecule has 21 heavy (non-hydrogen) atoms. The number of aromatic nitrogens is 4. The molecule has 2 heterocycles. The minimum atomic E-state index is -0.155. The van der Waals surface area contributed by atoms with Crippen LogP contribution in [-0.2, 0) is 12.8 Å². The van der Waals surface area contributed by atoms with Crippen LogP contribution in [0.3, 0.4) is 0 Å². The highest BCUT2D eigenvalue weighted by molar-refractivity contribution is 7.99. The van der Waals surface area contributed by atoms with E-state index in [9.17, 15) is 4.79 Å². The average molecular weight is 306 g/mol. The molecule has 0 amide bonds. The van der Waals surface area contributed by atoms with Crippen LogP contribution in [0.15, 0.2) is 27.1 Å². The van der Waals surface area contributed by atoms with Gasteiger partial charge in [-0.15, -0.1) is 0 Å². The van der Waals surface area contributed by atoms with E-state index in [2.05, 4.69) is 25.4 Å². The largest absolute Gasteiger partial charge is 0.308 e. The molecule has 2 aromatic heterocycles. The molecule has 0 saturated carbocycles. The van der Waals surface area contributed by atoms with E-state index in [4.69, 9.17) is 5.84 Å². The number of H-pyrrole nitrogens is 1. The summed E-state index contributed by atoms with van der Waals surface area (Å²) >= 11 is 1.29. The zero-order valence-corrected chi connectivity index (χ0v) is 12.8. The van der Waals surface area contributed by atoms with Gasteiger partial charge in [0.1, 0.15) is 16.7 Å². The molecule has 0 fully saturated rings. The second-order valence-electron chi connectivity index (χ2n) is 4.40. The maximum Gasteiger partial charge on any atom is 0.251 e. The monoisotopic (exact) mass is 306 g/mol. The number of nitrogens with two attached hydrogens (primary N) is 1. The Bertz CT molecular complexity index is 650. The number of hydrogen-bond donors (Lipinski definition) is 3. The molecule has 2 aromatic rings. The summed E-state index contributed by atoms with van der Waals surface area (Å²) < 4.78 is 0. The zero-order valence-electron chi connectivity index (χ0n) is 12.0. The number of nitrogens with one attached hydrogen (secondary N) is 2. The topological polar surface area (TPSA) is 110 Å². The predicted molar refractivity (Wildman–Crippen MR) is 82.2 cm³/mol. The Hall–Kier alpha value is -1.93. The number of nitrogens with zero attached hydrogens (tertiary/aromatic N) is 3. The Labute approximate surface area is 126 Å². The van der Waals surface area contributed by atoms with Crippen molar-refractivity contribution in [2.45, 2.75) is 43.3 Å². The second kappa shape index (κ2) is 7.19. The molecular formula is C13H18N6OS. The predicted octanol–water partition coefficient (Wildman–Crippen LogP) is 1.51. The van der Waals surface area contributed by atoms with Crippen molar-refractivity contribution in [3.05, 3.63) is 34.0 Å². The molecule has 0 spiro atoms. The van der Waals surface area contributed by atoms with Crippen LogP contribution in [-0.4, -0.2) is 19.9 Å². The van der Waals surface area contributed by atoms with Gasteiger partial charge in [-0.2, -0.15) is 0 Å². The third kappa shape index (κ3) is 4.27. The van der Waals surface area contributed by atoms with Crippen LogP contribution in [0, 0.1) is 0 Å². The lowest BCUT2D eigenvalue weighted by Gasteiger charge is -2.06. The molecule has 112 valence electrons. The summed E-state index contributed by atoms with van der Waals surface area (Å²) in [5.41, 5.74) is 3.14. The fourth-order valence-corrected chi connectivity index (χ4v) is 2.61. The fraction of sp³-hybridized carbons (Fsp3) is 0.385. The van der Waals surface area contributed by atoms with E-state index in [0.717, 1.165) is 18.5 Å². The number of nitrogen functional groups attached to an aromatic ring is 1. The second-order valence-corrected chi connectivity index (χ2v) is 5.41. The molecule has 0 aliphatic carbocycles. The zero-order chi connectivity index (χ0) is 15.2. The summed E-state index contributed by atoms with van der Waals surface area (Å²) in [4.78, 5) is 27.4. The van der Waals surface area contributed by atoms with Crippen LogP contribution >= 0.6 is 11.8 Å². The molecule has 4 N–H and O–H groups in total. The fourth-order valence-electron chi connectivity index (χ4n) is 1.77. The first-order valence-corrected chi connectivity index (χ1v) is 7.59. The molecule has 2 rings (SSSR count). The molecule has 0 unspecified atom stereocenters. The SMILES string of the molecule is CCCc1cc(=O)[nH]c(Sc2cc(NN)nc(CC)n2)n1. The number of aryl methyl sites for hydroxylation is 2. The quantitative estimate of drug-likeness (QED) is 0.321. The van der Waals surface area contributed by atoms with Gasteiger partial charge in [0.2, 0.25) is 0 Å². The van der Waals surface area contributed by atoms with Crippen molar-refractivity contribution in [3.63, 3.8) is 0 Å². The number of rotatable bonds is 6. The Morgan fingerprint density at radius 1 is 1.29 bits per heavy atom. The smallest absolute Gasteiger partial charge is 0.251 e. The van der Waals surface area contributed by atoms with Crippen molar-refractivity contribution in [2.75, 3.05) is 5.43 Å². The van der Waals surface area contributed by atoms with E-state index in [1.54, 1.807) is 6.07 Å². The number of hydrogen-bond acceptors (Lipinski definition) is 7. The summed E-state index contributed by atoms with van der Waals surface area (Å²) in [5, 5.41) is 1.21. The summed E-state index contributed by atoms with van der Waals surface area (Å²) in [6, 6.07) is 3.24. The lowest BCUT2D eigenvalue weighted by molar-refractivity contribution is 0.813. The molecule has 0 aromatic carbocycles. The standard InChI is InChI=1S/C13H18N6OS/c1-3-5-8-6-11(20)18-13(15-8)21-12-7-10(19-14)16-9(4-2)17-12/h6-7H,3-5,14H2,1-2H3,(H,15,18,20)(H,16,17,19). The van der Waals surface area contributed by atoms with E-state index in [0.29, 0.717) is 28.2 Å². The first-order chi connectivity index (χ1) is 10.1. The number of hydrazine groups is 1. The molecule has 0 bridgehead atoms. The van der Waals surface area contributed by atoms with Gasteiger partial charge in [0, 0.05) is 24.2 Å². The third-order valence-electron chi connectivity index (χ3n) is 2.69. The Morgan fingerprint density at radius 2 is 2.10 bits per heavy atom. The van der Waals surface area contributed by atoms with Crippen molar-refractivity contribution in [1.82, 2.24) is 19.9 Å². The average Bonchev–Trinajstić information content (AvgIpc) is 2.46. The van der Waals surface area contributed by atoms with Crippen LogP contribution in [0.2, 0.25) is 0 Å². The highest BCUT2D eigenvalue weighted by atomic mass is 32.2. The van der Waals surface area contributed by atoms with Gasteiger partial charge in [-0.1, -0.05) is 20.3 Å². The van der Waals surface area contributed by atoms with E-state index in [1.807, 2.05) is 13.8 Å². The normalized spacial score (nSPS) is 10.6. The lowest BCUT2D eigenvalue weighted by Crippen LogP contribution is -2.11. The maximum atomic E-state index is 11.6. The first-order valence-electron chi connectivity index (χ1n) is 6.77. The molecule has 0 atom stereocenters. The van der Waals surface area contributed by atoms with Gasteiger partial charge in [0.25, 0.3) is 5.56 Å². The Kier molecular flexibility index (Phi) is 5.29. The minimum absolute atomic E-state index is 0.155. The highest BCUT2D eigenvalue weighted by Crippen LogP contribution is 2.24. The summed E-state index contributed by atoms with van der Waals surface area (Å²) in [6.07, 6.45) is 2.41. The van der Waals surface area contributed by atoms with Crippen molar-refractivity contribution < 1.29 is 0 Å². The van der Waals surface area contributed by atoms with Crippen molar-refractivity contribution >= 4 is 17.6 Å². The van der Waals surface area contributed by atoms with Gasteiger partial charge in [0.15, 0.2) is 5.16 Å². The van der Waals surface area contributed by atoms with Crippen molar-refractivity contribution in [1.29, 1.82) is 0 Å². The third-order valence-corrected chi connectivity index (χ3v) is 3.50. The molecule has 0 aliphatic rings. The molecule has 0 aliphatic heterocycles. The summed E-state index contributed by atoms with van der Waals surface area (Å²) in [7, 11) is 0. The van der Waals surface area contributed by atoms with Gasteiger partial charge in [-0.25, -0.2) is 20.8 Å². The first kappa shape index (κ1) is 15.5. The van der Waals surface area contributed by atoms with Gasteiger partial charge < -0.3 is 10.4 Å². The van der Waals surface area contributed by atoms with E-state index in [1.165, 1.54) is 17.8 Å². The number of anilines is 1. The summed E-state index contributed by atoms with van der Waals surface area (Å²) in [5.74, 6) is 6.62. The van der Waals surface area contributed by atoms with Gasteiger partial charge in [-0.05, 0) is 18.2 Å². The van der Waals surface area contributed by atoms with Gasteiger partial charge in [0.05, 0.1) is 0 Å². The van der Waals surface area contributed by atoms with Crippen molar-refractivity contribution in [2.24, 2.45) is 5.84 Å². The number of aromatic amines is 1. The van der Waals surface area contributed by atoms with E-state index >= 15 is 0 Å². The van der Waals surface area contributed by atoms with Crippen LogP contribution < -0.4 is 16.8 Å². The minimum Gasteiger partial charge on any atom is -0.308 e. The van der Waals surface area contributed by atoms with Crippen LogP contribution in [0.4, 0.5) is 5.82 Å². The Morgan fingerprint density at radius 3 is 2.76 bits per heavy atom. The van der Waals surface area contributed by atoms with Gasteiger partial charge >= 0.3 is 0 Å².